The Morgan fingerprint density at radius 2 is 1.72 bits per heavy atom. The summed E-state index contributed by atoms with van der Waals surface area (Å²) in [6, 6.07) is 10.9. The van der Waals surface area contributed by atoms with Crippen molar-refractivity contribution in [3.63, 3.8) is 0 Å². The van der Waals surface area contributed by atoms with Crippen molar-refractivity contribution in [3.05, 3.63) is 65.2 Å². The summed E-state index contributed by atoms with van der Waals surface area (Å²) in [5.74, 6) is 1.64. The van der Waals surface area contributed by atoms with Gasteiger partial charge < -0.3 is 29.2 Å². The first kappa shape index (κ1) is 16.9. The van der Waals surface area contributed by atoms with E-state index < -0.39 is 24.3 Å². The van der Waals surface area contributed by atoms with Crippen molar-refractivity contribution in [2.24, 2.45) is 0 Å². The van der Waals surface area contributed by atoms with E-state index in [2.05, 4.69) is 0 Å². The van der Waals surface area contributed by atoms with Crippen LogP contribution in [-0.4, -0.2) is 46.7 Å². The zero-order chi connectivity index (χ0) is 19.7. The summed E-state index contributed by atoms with van der Waals surface area (Å²) in [5, 5.41) is 19.5. The van der Waals surface area contributed by atoms with Gasteiger partial charge in [-0.25, -0.2) is 4.79 Å². The number of rotatable bonds is 2. The van der Waals surface area contributed by atoms with Crippen molar-refractivity contribution in [2.45, 2.75) is 43.0 Å². The highest BCUT2D eigenvalue weighted by Gasteiger charge is 2.51. The van der Waals surface area contributed by atoms with Crippen LogP contribution >= 0.6 is 0 Å². The molecule has 4 aliphatic rings. The van der Waals surface area contributed by atoms with Gasteiger partial charge in [0, 0.05) is 12.0 Å². The molecular formula is C22H18O7. The predicted octanol–water partition coefficient (Wildman–Crippen LogP) is 1.70. The van der Waals surface area contributed by atoms with Crippen LogP contribution in [0.4, 0.5) is 0 Å². The molecule has 0 spiro atoms. The number of hydrogen-bond acceptors (Lipinski definition) is 7. The lowest BCUT2D eigenvalue weighted by atomic mass is 9.85. The molecule has 3 aliphatic heterocycles. The molecule has 2 aromatic carbocycles. The Labute approximate surface area is 166 Å². The maximum atomic E-state index is 12.8. The molecule has 7 nitrogen and oxygen atoms in total. The first-order valence-corrected chi connectivity index (χ1v) is 9.60. The van der Waals surface area contributed by atoms with E-state index in [1.165, 1.54) is 12.2 Å². The van der Waals surface area contributed by atoms with Crippen LogP contribution in [0.5, 0.6) is 17.2 Å². The van der Waals surface area contributed by atoms with Crippen molar-refractivity contribution in [1.82, 2.24) is 0 Å². The standard InChI is InChI=1S/C22H18O7/c23-12-7-8-16(19(12)24)29-22(25)10-3-1-4-13-11(10)9-17-20(27-13)21-18-14(26-17)5-2-6-15(18)28-21/h1-8,12,16-17,19-21,23-24H,9H2. The van der Waals surface area contributed by atoms with Crippen LogP contribution in [0.3, 0.4) is 0 Å². The SMILES string of the molecule is O=C(OC1C=CC(O)C1O)c1cccc2c1CC1Oc3cccc4c3C(O4)C1O2. The lowest BCUT2D eigenvalue weighted by Gasteiger charge is -2.47. The third-order valence-electron chi connectivity index (χ3n) is 5.96. The average Bonchev–Trinajstić information content (AvgIpc) is 3.01. The number of aliphatic hydroxyl groups is 2. The summed E-state index contributed by atoms with van der Waals surface area (Å²) in [5.41, 5.74) is 2.10. The number of benzene rings is 2. The summed E-state index contributed by atoms with van der Waals surface area (Å²) >= 11 is 0. The molecule has 3 heterocycles. The van der Waals surface area contributed by atoms with E-state index in [1.54, 1.807) is 12.1 Å². The minimum absolute atomic E-state index is 0.177. The normalized spacial score (nSPS) is 32.5. The fourth-order valence-electron chi connectivity index (χ4n) is 4.47. The average molecular weight is 394 g/mol. The van der Waals surface area contributed by atoms with Gasteiger partial charge in [-0.1, -0.05) is 18.2 Å². The highest BCUT2D eigenvalue weighted by molar-refractivity contribution is 5.92. The lowest BCUT2D eigenvalue weighted by molar-refractivity contribution is -0.0749. The molecule has 2 aromatic rings. The second kappa shape index (κ2) is 5.98. The molecule has 148 valence electrons. The molecular weight excluding hydrogens is 376 g/mol. The highest BCUT2D eigenvalue weighted by atomic mass is 16.6. The van der Waals surface area contributed by atoms with Crippen LogP contribution in [0.25, 0.3) is 0 Å². The van der Waals surface area contributed by atoms with Crippen molar-refractivity contribution >= 4 is 5.97 Å². The van der Waals surface area contributed by atoms with Crippen molar-refractivity contribution in [1.29, 1.82) is 0 Å². The van der Waals surface area contributed by atoms with Crippen molar-refractivity contribution in [3.8, 4) is 17.2 Å². The number of aliphatic hydroxyl groups excluding tert-OH is 2. The zero-order valence-corrected chi connectivity index (χ0v) is 15.2. The third kappa shape index (κ3) is 2.41. The maximum absolute atomic E-state index is 12.8. The molecule has 0 aromatic heterocycles. The number of esters is 1. The van der Waals surface area contributed by atoms with Gasteiger partial charge in [-0.15, -0.1) is 0 Å². The number of fused-ring (bicyclic) bond motifs is 3. The van der Waals surface area contributed by atoms with Gasteiger partial charge in [-0.3, -0.25) is 0 Å². The predicted molar refractivity (Wildman–Crippen MR) is 99.1 cm³/mol. The molecule has 0 saturated carbocycles. The van der Waals surface area contributed by atoms with Gasteiger partial charge in [-0.2, -0.15) is 0 Å². The quantitative estimate of drug-likeness (QED) is 0.591. The molecule has 6 rings (SSSR count). The fourth-order valence-corrected chi connectivity index (χ4v) is 4.47. The second-order valence-corrected chi connectivity index (χ2v) is 7.67. The maximum Gasteiger partial charge on any atom is 0.339 e. The summed E-state index contributed by atoms with van der Waals surface area (Å²) in [6.45, 7) is 0. The molecule has 29 heavy (non-hydrogen) atoms. The number of carbonyl (C=O) groups is 1. The van der Waals surface area contributed by atoms with E-state index in [4.69, 9.17) is 18.9 Å². The first-order chi connectivity index (χ1) is 14.1. The monoisotopic (exact) mass is 394 g/mol. The van der Waals surface area contributed by atoms with Gasteiger partial charge in [0.05, 0.1) is 11.1 Å². The van der Waals surface area contributed by atoms with Gasteiger partial charge in [-0.05, 0) is 30.3 Å². The first-order valence-electron chi connectivity index (χ1n) is 9.60. The topological polar surface area (TPSA) is 94.5 Å². The minimum atomic E-state index is -1.16. The van der Waals surface area contributed by atoms with Crippen molar-refractivity contribution < 1.29 is 34.0 Å². The Morgan fingerprint density at radius 1 is 0.966 bits per heavy atom. The molecule has 0 amide bonds. The Bertz CT molecular complexity index is 1050. The van der Waals surface area contributed by atoms with E-state index in [1.807, 2.05) is 24.3 Å². The van der Waals surface area contributed by atoms with Crippen LogP contribution in [0.1, 0.15) is 27.6 Å². The second-order valence-electron chi connectivity index (χ2n) is 7.67. The van der Waals surface area contributed by atoms with Gasteiger partial charge in [0.15, 0.2) is 12.2 Å². The van der Waals surface area contributed by atoms with Crippen LogP contribution in [0.15, 0.2) is 48.6 Å². The van der Waals surface area contributed by atoms with Gasteiger partial charge in [0.2, 0.25) is 0 Å². The molecule has 6 atom stereocenters. The van der Waals surface area contributed by atoms with Gasteiger partial charge in [0.1, 0.15) is 41.7 Å². The van der Waals surface area contributed by atoms with E-state index in [-0.39, 0.29) is 18.3 Å². The van der Waals surface area contributed by atoms with E-state index >= 15 is 0 Å². The van der Waals surface area contributed by atoms with Gasteiger partial charge in [0.25, 0.3) is 0 Å². The zero-order valence-electron chi connectivity index (χ0n) is 15.2. The molecule has 0 fully saturated rings. The van der Waals surface area contributed by atoms with E-state index in [9.17, 15) is 15.0 Å². The lowest BCUT2D eigenvalue weighted by Crippen LogP contribution is -2.52. The minimum Gasteiger partial charge on any atom is -0.485 e. The Balaban J connectivity index is 1.29. The summed E-state index contributed by atoms with van der Waals surface area (Å²) in [4.78, 5) is 12.8. The summed E-state index contributed by atoms with van der Waals surface area (Å²) in [6.07, 6.45) is -0.463. The molecule has 0 bridgehead atoms. The number of ether oxygens (including phenoxy) is 4. The van der Waals surface area contributed by atoms with Crippen LogP contribution in [0.2, 0.25) is 0 Å². The summed E-state index contributed by atoms with van der Waals surface area (Å²) < 4.78 is 23.6. The molecule has 0 saturated heterocycles. The Kier molecular flexibility index (Phi) is 3.48. The summed E-state index contributed by atoms with van der Waals surface area (Å²) in [7, 11) is 0. The molecule has 0 radical (unpaired) electrons. The van der Waals surface area contributed by atoms with E-state index in [0.29, 0.717) is 23.3 Å². The highest BCUT2D eigenvalue weighted by Crippen LogP contribution is 2.53. The number of carbonyl (C=O) groups excluding carboxylic acids is 1. The van der Waals surface area contributed by atoms with Crippen molar-refractivity contribution in [2.75, 3.05) is 0 Å². The largest absolute Gasteiger partial charge is 0.485 e. The fraction of sp³-hybridized carbons (Fsp3) is 0.318. The van der Waals surface area contributed by atoms with Crippen LogP contribution in [0, 0.1) is 0 Å². The van der Waals surface area contributed by atoms with Crippen LogP contribution < -0.4 is 14.2 Å². The Hall–Kier alpha value is -3.03. The molecule has 1 aliphatic carbocycles. The number of hydrogen-bond donors (Lipinski definition) is 2. The van der Waals surface area contributed by atoms with E-state index in [0.717, 1.165) is 17.1 Å². The Morgan fingerprint density at radius 3 is 2.52 bits per heavy atom. The third-order valence-corrected chi connectivity index (χ3v) is 5.96. The molecule has 2 N–H and O–H groups in total. The molecule has 6 unspecified atom stereocenters. The van der Waals surface area contributed by atoms with Gasteiger partial charge >= 0.3 is 5.97 Å². The molecule has 7 heteroatoms. The van der Waals surface area contributed by atoms with Crippen LogP contribution in [-0.2, 0) is 11.2 Å². The smallest absolute Gasteiger partial charge is 0.339 e.